The van der Waals surface area contributed by atoms with Crippen LogP contribution >= 0.6 is 11.6 Å². The first-order chi connectivity index (χ1) is 12.0. The highest BCUT2D eigenvalue weighted by Gasteiger charge is 2.14. The van der Waals surface area contributed by atoms with Crippen LogP contribution < -0.4 is 10.6 Å². The zero-order valence-electron chi connectivity index (χ0n) is 14.1. The van der Waals surface area contributed by atoms with Crippen LogP contribution in [0.5, 0.6) is 0 Å². The first-order valence-corrected chi connectivity index (χ1v) is 8.32. The van der Waals surface area contributed by atoms with E-state index >= 15 is 0 Å². The number of halogens is 1. The molecular weight excluding hydrogens is 336 g/mol. The first kappa shape index (κ1) is 17.0. The predicted octanol–water partition coefficient (Wildman–Crippen LogP) is 4.85. The van der Waals surface area contributed by atoms with Gasteiger partial charge in [0.2, 0.25) is 0 Å². The Bertz CT molecular complexity index is 872. The van der Waals surface area contributed by atoms with E-state index in [4.69, 9.17) is 11.6 Å². The number of amides is 2. The molecule has 2 amide bonds. The molecule has 0 fully saturated rings. The Morgan fingerprint density at radius 1 is 1.04 bits per heavy atom. The molecule has 0 radical (unpaired) electrons. The van der Waals surface area contributed by atoms with E-state index in [2.05, 4.69) is 27.9 Å². The molecule has 6 heteroatoms. The van der Waals surface area contributed by atoms with Gasteiger partial charge in [0, 0.05) is 10.7 Å². The molecule has 0 aliphatic rings. The van der Waals surface area contributed by atoms with Crippen LogP contribution in [-0.4, -0.2) is 15.8 Å². The van der Waals surface area contributed by atoms with E-state index in [9.17, 15) is 4.79 Å². The first-order valence-electron chi connectivity index (χ1n) is 7.94. The van der Waals surface area contributed by atoms with E-state index in [0.717, 1.165) is 22.6 Å². The third kappa shape index (κ3) is 4.19. The van der Waals surface area contributed by atoms with Crippen molar-refractivity contribution in [3.8, 4) is 0 Å². The standard InChI is InChI=1S/C19H19ClN4O/c1-13-18(22-19(25)21-17-10-8-16(20)9-11-17)14(2)24(23-13)12-15-6-4-3-5-7-15/h3-11H,12H2,1-2H3,(H2,21,22,25). The zero-order chi connectivity index (χ0) is 17.8. The summed E-state index contributed by atoms with van der Waals surface area (Å²) in [6.07, 6.45) is 0. The number of carbonyl (C=O) groups is 1. The number of benzene rings is 2. The summed E-state index contributed by atoms with van der Waals surface area (Å²) in [5, 5.41) is 10.8. The summed E-state index contributed by atoms with van der Waals surface area (Å²) in [6, 6.07) is 16.7. The smallest absolute Gasteiger partial charge is 0.308 e. The van der Waals surface area contributed by atoms with E-state index in [1.165, 1.54) is 0 Å². The lowest BCUT2D eigenvalue weighted by Crippen LogP contribution is -2.20. The summed E-state index contributed by atoms with van der Waals surface area (Å²) < 4.78 is 1.89. The number of aryl methyl sites for hydroxylation is 1. The van der Waals surface area contributed by atoms with Crippen LogP contribution in [0.1, 0.15) is 17.0 Å². The number of nitrogens with zero attached hydrogens (tertiary/aromatic N) is 2. The van der Waals surface area contributed by atoms with Gasteiger partial charge in [-0.1, -0.05) is 41.9 Å². The Balaban J connectivity index is 1.72. The third-order valence-corrected chi connectivity index (χ3v) is 4.15. The second-order valence-corrected chi connectivity index (χ2v) is 6.21. The van der Waals surface area contributed by atoms with Gasteiger partial charge in [0.25, 0.3) is 0 Å². The second-order valence-electron chi connectivity index (χ2n) is 5.78. The van der Waals surface area contributed by atoms with E-state index < -0.39 is 0 Å². The predicted molar refractivity (Wildman–Crippen MR) is 101 cm³/mol. The fourth-order valence-corrected chi connectivity index (χ4v) is 2.72. The van der Waals surface area contributed by atoms with Gasteiger partial charge in [-0.15, -0.1) is 0 Å². The molecule has 0 aliphatic carbocycles. The molecule has 0 unspecified atom stereocenters. The van der Waals surface area contributed by atoms with Crippen molar-refractivity contribution in [3.63, 3.8) is 0 Å². The van der Waals surface area contributed by atoms with Crippen molar-refractivity contribution < 1.29 is 4.79 Å². The Hall–Kier alpha value is -2.79. The lowest BCUT2D eigenvalue weighted by molar-refractivity contribution is 0.262. The van der Waals surface area contributed by atoms with E-state index in [1.807, 2.05) is 36.7 Å². The van der Waals surface area contributed by atoms with Gasteiger partial charge in [0.1, 0.15) is 0 Å². The number of aromatic nitrogens is 2. The largest absolute Gasteiger partial charge is 0.323 e. The molecule has 2 N–H and O–H groups in total. The van der Waals surface area contributed by atoms with E-state index in [-0.39, 0.29) is 6.03 Å². The Morgan fingerprint density at radius 3 is 2.40 bits per heavy atom. The van der Waals surface area contributed by atoms with Crippen LogP contribution in [0.4, 0.5) is 16.2 Å². The van der Waals surface area contributed by atoms with Crippen LogP contribution in [0, 0.1) is 13.8 Å². The maximum absolute atomic E-state index is 12.2. The van der Waals surface area contributed by atoms with Gasteiger partial charge in [-0.05, 0) is 43.7 Å². The van der Waals surface area contributed by atoms with Crippen LogP contribution in [0.25, 0.3) is 0 Å². The van der Waals surface area contributed by atoms with E-state index in [0.29, 0.717) is 17.3 Å². The lowest BCUT2D eigenvalue weighted by Gasteiger charge is -2.09. The molecule has 3 aromatic rings. The topological polar surface area (TPSA) is 59.0 Å². The van der Waals surface area contributed by atoms with Gasteiger partial charge in [-0.3, -0.25) is 4.68 Å². The zero-order valence-corrected chi connectivity index (χ0v) is 14.8. The molecule has 0 bridgehead atoms. The summed E-state index contributed by atoms with van der Waals surface area (Å²) in [4.78, 5) is 12.2. The number of nitrogens with one attached hydrogen (secondary N) is 2. The number of hydrogen-bond acceptors (Lipinski definition) is 2. The van der Waals surface area contributed by atoms with E-state index in [1.54, 1.807) is 24.3 Å². The maximum atomic E-state index is 12.2. The minimum atomic E-state index is -0.312. The van der Waals surface area contributed by atoms with Gasteiger partial charge in [0.05, 0.1) is 23.6 Å². The minimum absolute atomic E-state index is 0.312. The molecule has 0 saturated heterocycles. The second kappa shape index (κ2) is 7.40. The van der Waals surface area contributed by atoms with Gasteiger partial charge in [-0.2, -0.15) is 5.10 Å². The van der Waals surface area contributed by atoms with Crippen molar-refractivity contribution in [2.75, 3.05) is 10.6 Å². The van der Waals surface area contributed by atoms with Gasteiger partial charge >= 0.3 is 6.03 Å². The molecule has 1 aromatic heterocycles. The van der Waals surface area contributed by atoms with Crippen molar-refractivity contribution in [1.29, 1.82) is 0 Å². The molecule has 128 valence electrons. The quantitative estimate of drug-likeness (QED) is 0.703. The molecular formula is C19H19ClN4O. The number of rotatable bonds is 4. The summed E-state index contributed by atoms with van der Waals surface area (Å²) in [5.41, 5.74) is 4.24. The van der Waals surface area contributed by atoms with Crippen LogP contribution in [0.2, 0.25) is 5.02 Å². The van der Waals surface area contributed by atoms with Gasteiger partial charge in [0.15, 0.2) is 0 Å². The number of carbonyl (C=O) groups excluding carboxylic acids is 1. The monoisotopic (exact) mass is 354 g/mol. The average molecular weight is 355 g/mol. The molecule has 3 rings (SSSR count). The molecule has 5 nitrogen and oxygen atoms in total. The molecule has 2 aromatic carbocycles. The fourth-order valence-electron chi connectivity index (χ4n) is 2.60. The summed E-state index contributed by atoms with van der Waals surface area (Å²) in [6.45, 7) is 4.49. The molecule has 1 heterocycles. The van der Waals surface area contributed by atoms with Crippen molar-refractivity contribution >= 4 is 29.0 Å². The van der Waals surface area contributed by atoms with Crippen molar-refractivity contribution in [2.45, 2.75) is 20.4 Å². The third-order valence-electron chi connectivity index (χ3n) is 3.90. The highest BCUT2D eigenvalue weighted by Crippen LogP contribution is 2.21. The molecule has 0 atom stereocenters. The molecule has 0 aliphatic heterocycles. The van der Waals surface area contributed by atoms with Crippen molar-refractivity contribution in [1.82, 2.24) is 9.78 Å². The number of anilines is 2. The minimum Gasteiger partial charge on any atom is -0.308 e. The summed E-state index contributed by atoms with van der Waals surface area (Å²) in [5.74, 6) is 0. The Labute approximate surface area is 151 Å². The summed E-state index contributed by atoms with van der Waals surface area (Å²) in [7, 11) is 0. The Kier molecular flexibility index (Phi) is 5.05. The normalized spacial score (nSPS) is 10.5. The van der Waals surface area contributed by atoms with Crippen LogP contribution in [0.3, 0.4) is 0 Å². The lowest BCUT2D eigenvalue weighted by atomic mass is 10.2. The van der Waals surface area contributed by atoms with Gasteiger partial charge < -0.3 is 10.6 Å². The Morgan fingerprint density at radius 2 is 1.72 bits per heavy atom. The van der Waals surface area contributed by atoms with Crippen molar-refractivity contribution in [2.24, 2.45) is 0 Å². The van der Waals surface area contributed by atoms with Gasteiger partial charge in [-0.25, -0.2) is 4.79 Å². The summed E-state index contributed by atoms with van der Waals surface area (Å²) >= 11 is 5.85. The van der Waals surface area contributed by atoms with Crippen molar-refractivity contribution in [3.05, 3.63) is 76.6 Å². The maximum Gasteiger partial charge on any atom is 0.323 e. The molecule has 0 spiro atoms. The number of urea groups is 1. The molecule has 25 heavy (non-hydrogen) atoms. The average Bonchev–Trinajstić information content (AvgIpc) is 2.85. The highest BCUT2D eigenvalue weighted by molar-refractivity contribution is 6.30. The SMILES string of the molecule is Cc1nn(Cc2ccccc2)c(C)c1NC(=O)Nc1ccc(Cl)cc1. The highest BCUT2D eigenvalue weighted by atomic mass is 35.5. The fraction of sp³-hybridized carbons (Fsp3) is 0.158. The molecule has 0 saturated carbocycles. The number of hydrogen-bond donors (Lipinski definition) is 2. The van der Waals surface area contributed by atoms with Crippen LogP contribution in [-0.2, 0) is 6.54 Å². The van der Waals surface area contributed by atoms with Crippen LogP contribution in [0.15, 0.2) is 54.6 Å².